The molecule has 0 saturated carbocycles. The van der Waals surface area contributed by atoms with E-state index in [0.717, 1.165) is 10.4 Å². The molecule has 0 amide bonds. The number of aryl methyl sites for hydroxylation is 1. The van der Waals surface area contributed by atoms with Crippen LogP contribution >= 0.6 is 11.3 Å². The van der Waals surface area contributed by atoms with Gasteiger partial charge in [0, 0.05) is 11.4 Å². The molecule has 0 aliphatic carbocycles. The lowest BCUT2D eigenvalue weighted by molar-refractivity contribution is 0.179. The number of benzene rings is 1. The highest BCUT2D eigenvalue weighted by atomic mass is 32.2. The Hall–Kier alpha value is -1.21. The van der Waals surface area contributed by atoms with Crippen LogP contribution < -0.4 is 4.72 Å². The summed E-state index contributed by atoms with van der Waals surface area (Å²) in [7, 11) is -3.52. The molecular formula is C14H17NO3S2. The molecule has 20 heavy (non-hydrogen) atoms. The van der Waals surface area contributed by atoms with Crippen molar-refractivity contribution in [2.75, 3.05) is 6.54 Å². The summed E-state index contributed by atoms with van der Waals surface area (Å²) in [5, 5.41) is 9.89. The number of thiophene rings is 1. The second kappa shape index (κ2) is 6.49. The maximum atomic E-state index is 12.0. The van der Waals surface area contributed by atoms with Crippen molar-refractivity contribution < 1.29 is 13.5 Å². The van der Waals surface area contributed by atoms with Crippen molar-refractivity contribution >= 4 is 21.4 Å². The van der Waals surface area contributed by atoms with Gasteiger partial charge in [0.1, 0.15) is 4.21 Å². The van der Waals surface area contributed by atoms with E-state index in [1.807, 2.05) is 37.3 Å². The van der Waals surface area contributed by atoms with Crippen molar-refractivity contribution in [1.82, 2.24) is 4.72 Å². The van der Waals surface area contributed by atoms with Crippen LogP contribution in [0.15, 0.2) is 46.7 Å². The summed E-state index contributed by atoms with van der Waals surface area (Å²) >= 11 is 1.22. The van der Waals surface area contributed by atoms with Gasteiger partial charge in [0.2, 0.25) is 10.0 Å². The molecule has 0 fully saturated rings. The predicted molar refractivity (Wildman–Crippen MR) is 80.4 cm³/mol. The monoisotopic (exact) mass is 311 g/mol. The highest BCUT2D eigenvalue weighted by Crippen LogP contribution is 2.20. The summed E-state index contributed by atoms with van der Waals surface area (Å²) in [5.41, 5.74) is 0.978. The van der Waals surface area contributed by atoms with Crippen LogP contribution in [0.5, 0.6) is 0 Å². The van der Waals surface area contributed by atoms with Gasteiger partial charge < -0.3 is 5.11 Å². The molecular weight excluding hydrogens is 294 g/mol. The summed E-state index contributed by atoms with van der Waals surface area (Å²) in [6.07, 6.45) is -0.319. The summed E-state index contributed by atoms with van der Waals surface area (Å²) in [6.45, 7) is 1.86. The van der Waals surface area contributed by atoms with Gasteiger partial charge in [-0.1, -0.05) is 30.3 Å². The number of aliphatic hydroxyl groups excluding tert-OH is 1. The van der Waals surface area contributed by atoms with E-state index in [2.05, 4.69) is 4.72 Å². The van der Waals surface area contributed by atoms with Gasteiger partial charge in [-0.05, 0) is 31.0 Å². The van der Waals surface area contributed by atoms with Gasteiger partial charge in [0.05, 0.1) is 6.10 Å². The number of aliphatic hydroxyl groups is 1. The fourth-order valence-electron chi connectivity index (χ4n) is 1.79. The quantitative estimate of drug-likeness (QED) is 0.857. The van der Waals surface area contributed by atoms with E-state index in [9.17, 15) is 13.5 Å². The highest BCUT2D eigenvalue weighted by Gasteiger charge is 2.17. The van der Waals surface area contributed by atoms with Crippen LogP contribution in [0, 0.1) is 6.92 Å². The minimum atomic E-state index is -3.52. The van der Waals surface area contributed by atoms with Crippen LogP contribution in [0.2, 0.25) is 0 Å². The minimum Gasteiger partial charge on any atom is -0.391 e. The molecule has 0 spiro atoms. The highest BCUT2D eigenvalue weighted by molar-refractivity contribution is 7.91. The molecule has 4 nitrogen and oxygen atoms in total. The standard InChI is InChI=1S/C14H17NO3S2/c1-11-7-8-14(19-11)20(17,18)15-10-13(16)9-12-5-3-2-4-6-12/h2-8,13,15-16H,9-10H2,1H3/t13-/m0/s1. The van der Waals surface area contributed by atoms with Gasteiger partial charge in [-0.15, -0.1) is 11.3 Å². The zero-order valence-electron chi connectivity index (χ0n) is 11.1. The molecule has 1 aromatic carbocycles. The van der Waals surface area contributed by atoms with E-state index in [0.29, 0.717) is 6.42 Å². The fourth-order valence-corrected chi connectivity index (χ4v) is 4.19. The topological polar surface area (TPSA) is 66.4 Å². The Kier molecular flexibility index (Phi) is 4.93. The normalized spacial score (nSPS) is 13.3. The predicted octanol–water partition coefficient (Wildman–Crippen LogP) is 1.94. The number of hydrogen-bond donors (Lipinski definition) is 2. The molecule has 0 saturated heterocycles. The Morgan fingerprint density at radius 3 is 2.50 bits per heavy atom. The Morgan fingerprint density at radius 2 is 1.90 bits per heavy atom. The first kappa shape index (κ1) is 15.2. The van der Waals surface area contributed by atoms with Gasteiger partial charge in [0.15, 0.2) is 0 Å². The molecule has 6 heteroatoms. The Labute approximate surface area is 123 Å². The third-order valence-electron chi connectivity index (χ3n) is 2.80. The number of nitrogens with one attached hydrogen (secondary N) is 1. The molecule has 2 aromatic rings. The third kappa shape index (κ3) is 4.14. The first-order chi connectivity index (χ1) is 9.47. The molecule has 2 rings (SSSR count). The zero-order chi connectivity index (χ0) is 14.6. The summed E-state index contributed by atoms with van der Waals surface area (Å²) in [4.78, 5) is 0.940. The largest absolute Gasteiger partial charge is 0.391 e. The molecule has 0 unspecified atom stereocenters. The number of hydrogen-bond acceptors (Lipinski definition) is 4. The number of sulfonamides is 1. The Morgan fingerprint density at radius 1 is 1.20 bits per heavy atom. The Balaban J connectivity index is 1.91. The summed E-state index contributed by atoms with van der Waals surface area (Å²) in [6, 6.07) is 12.8. The fraction of sp³-hybridized carbons (Fsp3) is 0.286. The summed E-state index contributed by atoms with van der Waals surface area (Å²) in [5.74, 6) is 0. The van der Waals surface area contributed by atoms with Crippen molar-refractivity contribution in [3.05, 3.63) is 52.9 Å². The van der Waals surface area contributed by atoms with Gasteiger partial charge in [-0.3, -0.25) is 0 Å². The third-order valence-corrected chi connectivity index (χ3v) is 5.72. The van der Waals surface area contributed by atoms with E-state index < -0.39 is 16.1 Å². The van der Waals surface area contributed by atoms with Crippen LogP contribution in [0.4, 0.5) is 0 Å². The summed E-state index contributed by atoms with van der Waals surface area (Å²) < 4.78 is 26.7. The van der Waals surface area contributed by atoms with Crippen molar-refractivity contribution in [3.8, 4) is 0 Å². The van der Waals surface area contributed by atoms with Gasteiger partial charge in [-0.25, -0.2) is 13.1 Å². The average molecular weight is 311 g/mol. The SMILES string of the molecule is Cc1ccc(S(=O)(=O)NC[C@@H](O)Cc2ccccc2)s1. The second-order valence-electron chi connectivity index (χ2n) is 4.56. The van der Waals surface area contributed by atoms with Crippen LogP contribution in [0.3, 0.4) is 0 Å². The lowest BCUT2D eigenvalue weighted by Gasteiger charge is -2.11. The lowest BCUT2D eigenvalue weighted by atomic mass is 10.1. The van der Waals surface area contributed by atoms with Gasteiger partial charge in [0.25, 0.3) is 0 Å². The van der Waals surface area contributed by atoms with Crippen molar-refractivity contribution in [1.29, 1.82) is 0 Å². The van der Waals surface area contributed by atoms with Crippen LogP contribution in [0.1, 0.15) is 10.4 Å². The second-order valence-corrected chi connectivity index (χ2v) is 7.84. The molecule has 0 bridgehead atoms. The van der Waals surface area contributed by atoms with Crippen molar-refractivity contribution in [2.24, 2.45) is 0 Å². The maximum absolute atomic E-state index is 12.0. The van der Waals surface area contributed by atoms with E-state index >= 15 is 0 Å². The smallest absolute Gasteiger partial charge is 0.250 e. The minimum absolute atomic E-state index is 0.00811. The van der Waals surface area contributed by atoms with Crippen molar-refractivity contribution in [3.63, 3.8) is 0 Å². The molecule has 1 aromatic heterocycles. The van der Waals surface area contributed by atoms with E-state index in [4.69, 9.17) is 0 Å². The molecule has 1 atom stereocenters. The van der Waals surface area contributed by atoms with Crippen LogP contribution in [-0.4, -0.2) is 26.2 Å². The molecule has 2 N–H and O–H groups in total. The van der Waals surface area contributed by atoms with Crippen LogP contribution in [0.25, 0.3) is 0 Å². The first-order valence-corrected chi connectivity index (χ1v) is 8.55. The lowest BCUT2D eigenvalue weighted by Crippen LogP contribution is -2.32. The first-order valence-electron chi connectivity index (χ1n) is 6.25. The van der Waals surface area contributed by atoms with E-state index in [-0.39, 0.29) is 10.8 Å². The van der Waals surface area contributed by atoms with E-state index in [1.165, 1.54) is 11.3 Å². The zero-order valence-corrected chi connectivity index (χ0v) is 12.7. The van der Waals surface area contributed by atoms with Gasteiger partial charge >= 0.3 is 0 Å². The Bertz CT molecular complexity index is 650. The molecule has 0 radical (unpaired) electrons. The average Bonchev–Trinajstić information content (AvgIpc) is 2.85. The van der Waals surface area contributed by atoms with Gasteiger partial charge in [-0.2, -0.15) is 0 Å². The van der Waals surface area contributed by atoms with Crippen LogP contribution in [-0.2, 0) is 16.4 Å². The molecule has 1 heterocycles. The maximum Gasteiger partial charge on any atom is 0.250 e. The number of rotatable bonds is 6. The molecule has 0 aliphatic rings. The van der Waals surface area contributed by atoms with Crippen molar-refractivity contribution in [2.45, 2.75) is 23.7 Å². The molecule has 0 aliphatic heterocycles. The molecule has 108 valence electrons. The van der Waals surface area contributed by atoms with E-state index in [1.54, 1.807) is 12.1 Å².